The van der Waals surface area contributed by atoms with E-state index in [0.717, 1.165) is 12.0 Å². The molecule has 0 heterocycles. The van der Waals surface area contributed by atoms with Crippen molar-refractivity contribution in [1.29, 1.82) is 0 Å². The monoisotopic (exact) mass is 275 g/mol. The van der Waals surface area contributed by atoms with Crippen LogP contribution in [0.15, 0.2) is 18.2 Å². The quantitative estimate of drug-likeness (QED) is 0.784. The molecule has 1 amide bonds. The highest BCUT2D eigenvalue weighted by molar-refractivity contribution is 6.35. The Morgan fingerprint density at radius 1 is 1.29 bits per heavy atom. The van der Waals surface area contributed by atoms with Crippen LogP contribution in [0, 0.1) is 0 Å². The van der Waals surface area contributed by atoms with E-state index in [4.69, 9.17) is 28.3 Å². The standard InChI is InChI=1S/C12H15Cl2NO2/c13-10-4-3-9(11(14)8-10)7-12(17)15-5-1-2-6-16/h3-4,8,16H,1-2,5-7H2,(H,15,17). The maximum absolute atomic E-state index is 11.5. The highest BCUT2D eigenvalue weighted by Gasteiger charge is 2.06. The fraction of sp³-hybridized carbons (Fsp3) is 0.417. The lowest BCUT2D eigenvalue weighted by Crippen LogP contribution is -2.26. The van der Waals surface area contributed by atoms with Crippen molar-refractivity contribution in [3.8, 4) is 0 Å². The number of halogens is 2. The van der Waals surface area contributed by atoms with E-state index in [9.17, 15) is 4.79 Å². The van der Waals surface area contributed by atoms with Crippen LogP contribution in [0.2, 0.25) is 10.0 Å². The van der Waals surface area contributed by atoms with Gasteiger partial charge in [0, 0.05) is 23.2 Å². The van der Waals surface area contributed by atoms with Crippen molar-refractivity contribution in [2.45, 2.75) is 19.3 Å². The number of hydrogen-bond donors (Lipinski definition) is 2. The van der Waals surface area contributed by atoms with Crippen LogP contribution < -0.4 is 5.32 Å². The largest absolute Gasteiger partial charge is 0.396 e. The number of aliphatic hydroxyl groups is 1. The van der Waals surface area contributed by atoms with Gasteiger partial charge in [0.25, 0.3) is 0 Å². The van der Waals surface area contributed by atoms with Gasteiger partial charge < -0.3 is 10.4 Å². The Balaban J connectivity index is 2.40. The molecule has 0 aliphatic heterocycles. The number of aliphatic hydroxyl groups excluding tert-OH is 1. The molecule has 0 aliphatic carbocycles. The fourth-order valence-corrected chi connectivity index (χ4v) is 1.84. The van der Waals surface area contributed by atoms with Crippen molar-refractivity contribution < 1.29 is 9.90 Å². The molecule has 0 spiro atoms. The van der Waals surface area contributed by atoms with Crippen molar-refractivity contribution in [1.82, 2.24) is 5.32 Å². The summed E-state index contributed by atoms with van der Waals surface area (Å²) < 4.78 is 0. The van der Waals surface area contributed by atoms with E-state index in [1.54, 1.807) is 18.2 Å². The van der Waals surface area contributed by atoms with Crippen LogP contribution in [-0.2, 0) is 11.2 Å². The average molecular weight is 276 g/mol. The van der Waals surface area contributed by atoms with Gasteiger partial charge in [0.2, 0.25) is 5.91 Å². The Bertz CT molecular complexity index is 383. The molecule has 0 atom stereocenters. The van der Waals surface area contributed by atoms with Crippen molar-refractivity contribution >= 4 is 29.1 Å². The summed E-state index contributed by atoms with van der Waals surface area (Å²) >= 11 is 11.7. The minimum Gasteiger partial charge on any atom is -0.396 e. The number of hydrogen-bond acceptors (Lipinski definition) is 2. The topological polar surface area (TPSA) is 49.3 Å². The molecule has 0 aliphatic rings. The summed E-state index contributed by atoms with van der Waals surface area (Å²) in [6.07, 6.45) is 1.72. The van der Waals surface area contributed by atoms with Crippen LogP contribution >= 0.6 is 23.2 Å². The average Bonchev–Trinajstić information content (AvgIpc) is 2.28. The lowest BCUT2D eigenvalue weighted by molar-refractivity contribution is -0.120. The summed E-state index contributed by atoms with van der Waals surface area (Å²) in [7, 11) is 0. The minimum absolute atomic E-state index is 0.0767. The Labute approximate surface area is 111 Å². The van der Waals surface area contributed by atoms with Gasteiger partial charge in [-0.15, -0.1) is 0 Å². The molecule has 3 nitrogen and oxygen atoms in total. The zero-order valence-corrected chi connectivity index (χ0v) is 10.9. The Hall–Kier alpha value is -0.770. The van der Waals surface area contributed by atoms with Gasteiger partial charge >= 0.3 is 0 Å². The second-order valence-electron chi connectivity index (χ2n) is 3.69. The highest BCUT2D eigenvalue weighted by atomic mass is 35.5. The van der Waals surface area contributed by atoms with Crippen LogP contribution in [-0.4, -0.2) is 24.2 Å². The first kappa shape index (κ1) is 14.3. The molecule has 0 radical (unpaired) electrons. The third-order valence-electron chi connectivity index (χ3n) is 2.27. The van der Waals surface area contributed by atoms with E-state index >= 15 is 0 Å². The SMILES string of the molecule is O=C(Cc1ccc(Cl)cc1Cl)NCCCCO. The van der Waals surface area contributed by atoms with Gasteiger partial charge in [0.05, 0.1) is 6.42 Å². The van der Waals surface area contributed by atoms with Gasteiger partial charge in [-0.3, -0.25) is 4.79 Å². The van der Waals surface area contributed by atoms with E-state index in [1.807, 2.05) is 0 Å². The number of carbonyl (C=O) groups is 1. The summed E-state index contributed by atoms with van der Waals surface area (Å²) in [5.41, 5.74) is 0.760. The van der Waals surface area contributed by atoms with Crippen molar-refractivity contribution in [3.05, 3.63) is 33.8 Å². The predicted molar refractivity (Wildman–Crippen MR) is 69.5 cm³/mol. The third-order valence-corrected chi connectivity index (χ3v) is 2.86. The first-order valence-corrected chi connectivity index (χ1v) is 6.20. The van der Waals surface area contributed by atoms with Crippen LogP contribution in [0.5, 0.6) is 0 Å². The van der Waals surface area contributed by atoms with Crippen LogP contribution in [0.3, 0.4) is 0 Å². The molecule has 94 valence electrons. The zero-order chi connectivity index (χ0) is 12.7. The third kappa shape index (κ3) is 5.39. The molecule has 0 fully saturated rings. The summed E-state index contributed by atoms with van der Waals surface area (Å²) in [5.74, 6) is -0.0767. The number of unbranched alkanes of at least 4 members (excludes halogenated alkanes) is 1. The molecule has 17 heavy (non-hydrogen) atoms. The van der Waals surface area contributed by atoms with Crippen molar-refractivity contribution in [3.63, 3.8) is 0 Å². The zero-order valence-electron chi connectivity index (χ0n) is 9.38. The molecule has 2 N–H and O–H groups in total. The molecule has 5 heteroatoms. The van der Waals surface area contributed by atoms with Crippen LogP contribution in [0.1, 0.15) is 18.4 Å². The highest BCUT2D eigenvalue weighted by Crippen LogP contribution is 2.21. The molecule has 0 saturated heterocycles. The van der Waals surface area contributed by atoms with E-state index < -0.39 is 0 Å². The maximum atomic E-state index is 11.5. The first-order valence-electron chi connectivity index (χ1n) is 5.45. The summed E-state index contributed by atoms with van der Waals surface area (Å²) in [6, 6.07) is 5.08. The lowest BCUT2D eigenvalue weighted by atomic mass is 10.1. The molecule has 1 rings (SSSR count). The second-order valence-corrected chi connectivity index (χ2v) is 4.54. The van der Waals surface area contributed by atoms with Crippen molar-refractivity contribution in [2.24, 2.45) is 0 Å². The van der Waals surface area contributed by atoms with E-state index in [0.29, 0.717) is 23.0 Å². The molecule has 1 aromatic rings. The van der Waals surface area contributed by atoms with E-state index in [2.05, 4.69) is 5.32 Å². The van der Waals surface area contributed by atoms with E-state index in [-0.39, 0.29) is 18.9 Å². The van der Waals surface area contributed by atoms with Gasteiger partial charge in [0.15, 0.2) is 0 Å². The Morgan fingerprint density at radius 2 is 2.06 bits per heavy atom. The normalized spacial score (nSPS) is 10.3. The first-order chi connectivity index (χ1) is 8.13. The maximum Gasteiger partial charge on any atom is 0.224 e. The van der Waals surface area contributed by atoms with Gasteiger partial charge in [-0.2, -0.15) is 0 Å². The minimum atomic E-state index is -0.0767. The summed E-state index contributed by atoms with van der Waals surface area (Å²) in [4.78, 5) is 11.5. The fourth-order valence-electron chi connectivity index (χ4n) is 1.37. The van der Waals surface area contributed by atoms with Crippen molar-refractivity contribution in [2.75, 3.05) is 13.2 Å². The van der Waals surface area contributed by atoms with Crippen LogP contribution in [0.25, 0.3) is 0 Å². The van der Waals surface area contributed by atoms with Gasteiger partial charge in [-0.25, -0.2) is 0 Å². The number of amides is 1. The molecule has 0 saturated carbocycles. The number of carbonyl (C=O) groups excluding carboxylic acids is 1. The second kappa shape index (κ2) is 7.54. The summed E-state index contributed by atoms with van der Waals surface area (Å²) in [5, 5.41) is 12.4. The Morgan fingerprint density at radius 3 is 2.71 bits per heavy atom. The number of benzene rings is 1. The van der Waals surface area contributed by atoms with Gasteiger partial charge in [-0.1, -0.05) is 29.3 Å². The molecule has 0 unspecified atom stereocenters. The van der Waals surface area contributed by atoms with Gasteiger partial charge in [-0.05, 0) is 30.5 Å². The van der Waals surface area contributed by atoms with Gasteiger partial charge in [0.1, 0.15) is 0 Å². The van der Waals surface area contributed by atoms with Crippen LogP contribution in [0.4, 0.5) is 0 Å². The lowest BCUT2D eigenvalue weighted by Gasteiger charge is -2.06. The van der Waals surface area contributed by atoms with E-state index in [1.165, 1.54) is 0 Å². The molecule has 1 aromatic carbocycles. The predicted octanol–water partition coefficient (Wildman–Crippen LogP) is 2.42. The number of rotatable bonds is 6. The number of nitrogens with one attached hydrogen (secondary N) is 1. The smallest absolute Gasteiger partial charge is 0.224 e. The Kier molecular flexibility index (Phi) is 6.34. The molecule has 0 bridgehead atoms. The molecular formula is C12H15Cl2NO2. The summed E-state index contributed by atoms with van der Waals surface area (Å²) in [6.45, 7) is 0.726. The molecular weight excluding hydrogens is 261 g/mol. The molecule has 0 aromatic heterocycles.